The van der Waals surface area contributed by atoms with Crippen molar-refractivity contribution in [1.82, 2.24) is 5.06 Å². The van der Waals surface area contributed by atoms with E-state index in [1.54, 1.807) is 12.1 Å². The number of hydrogen-bond donors (Lipinski definition) is 0. The summed E-state index contributed by atoms with van der Waals surface area (Å²) in [7, 11) is 1.88. The Labute approximate surface area is 150 Å². The predicted octanol–water partition coefficient (Wildman–Crippen LogP) is 4.53. The van der Waals surface area contributed by atoms with Crippen molar-refractivity contribution in [1.29, 1.82) is 0 Å². The van der Waals surface area contributed by atoms with Gasteiger partial charge < -0.3 is 4.74 Å². The summed E-state index contributed by atoms with van der Waals surface area (Å²) in [6.07, 6.45) is 0.567. The fraction of sp³-hybridized carbons (Fsp3) is 0.278. The monoisotopic (exact) mass is 365 g/mol. The van der Waals surface area contributed by atoms with Crippen molar-refractivity contribution >= 4 is 29.2 Å². The highest BCUT2D eigenvalue weighted by Crippen LogP contribution is 2.32. The Morgan fingerprint density at radius 2 is 2.00 bits per heavy atom. The minimum atomic E-state index is -0.480. The molecule has 24 heavy (non-hydrogen) atoms. The van der Waals surface area contributed by atoms with Gasteiger partial charge in [-0.25, -0.2) is 4.79 Å². The number of halogens is 2. The Kier molecular flexibility index (Phi) is 5.41. The molecule has 0 saturated carbocycles. The van der Waals surface area contributed by atoms with Crippen LogP contribution < -0.4 is 0 Å². The highest BCUT2D eigenvalue weighted by atomic mass is 35.5. The summed E-state index contributed by atoms with van der Waals surface area (Å²) in [5.74, 6) is -0.480. The molecule has 3 rings (SSSR count). The largest absolute Gasteiger partial charge is 0.459 e. The average Bonchev–Trinajstić information content (AvgIpc) is 2.94. The molecule has 0 radical (unpaired) electrons. The third-order valence-electron chi connectivity index (χ3n) is 3.98. The number of hydroxylamine groups is 2. The lowest BCUT2D eigenvalue weighted by Crippen LogP contribution is -2.21. The van der Waals surface area contributed by atoms with E-state index in [0.717, 1.165) is 6.42 Å². The Morgan fingerprint density at radius 3 is 2.71 bits per heavy atom. The van der Waals surface area contributed by atoms with E-state index < -0.39 is 5.97 Å². The number of rotatable bonds is 4. The van der Waals surface area contributed by atoms with E-state index in [4.69, 9.17) is 32.8 Å². The lowest BCUT2D eigenvalue weighted by atomic mass is 10.0. The van der Waals surface area contributed by atoms with Crippen molar-refractivity contribution in [3.8, 4) is 0 Å². The molecule has 2 atom stereocenters. The van der Waals surface area contributed by atoms with Crippen LogP contribution in [-0.2, 0) is 9.57 Å². The summed E-state index contributed by atoms with van der Waals surface area (Å²) in [6, 6.07) is 14.9. The lowest BCUT2D eigenvalue weighted by molar-refractivity contribution is -0.153. The van der Waals surface area contributed by atoms with Crippen molar-refractivity contribution in [2.24, 2.45) is 0 Å². The van der Waals surface area contributed by atoms with E-state index in [9.17, 15) is 4.79 Å². The maximum atomic E-state index is 12.1. The van der Waals surface area contributed by atoms with E-state index in [2.05, 4.69) is 12.1 Å². The van der Waals surface area contributed by atoms with Gasteiger partial charge >= 0.3 is 5.97 Å². The summed E-state index contributed by atoms with van der Waals surface area (Å²) < 4.78 is 5.35. The van der Waals surface area contributed by atoms with E-state index in [-0.39, 0.29) is 23.8 Å². The van der Waals surface area contributed by atoms with Crippen molar-refractivity contribution < 1.29 is 14.4 Å². The zero-order valence-corrected chi connectivity index (χ0v) is 14.6. The van der Waals surface area contributed by atoms with Crippen LogP contribution in [0.5, 0.6) is 0 Å². The van der Waals surface area contributed by atoms with Gasteiger partial charge in [-0.2, -0.15) is 5.06 Å². The number of carbonyl (C=O) groups is 1. The fourth-order valence-corrected chi connectivity index (χ4v) is 3.26. The van der Waals surface area contributed by atoms with E-state index in [1.165, 1.54) is 11.6 Å². The highest BCUT2D eigenvalue weighted by Gasteiger charge is 2.32. The Hall–Kier alpha value is -1.59. The molecular formula is C18H17Cl2NO3. The van der Waals surface area contributed by atoms with Gasteiger partial charge in [0.1, 0.15) is 12.7 Å². The third kappa shape index (κ3) is 3.90. The van der Waals surface area contributed by atoms with Crippen LogP contribution in [0.4, 0.5) is 0 Å². The van der Waals surface area contributed by atoms with Gasteiger partial charge in [-0.3, -0.25) is 4.84 Å². The second-order valence-corrected chi connectivity index (χ2v) is 6.50. The molecule has 1 saturated heterocycles. The van der Waals surface area contributed by atoms with Crippen molar-refractivity contribution in [3.63, 3.8) is 0 Å². The number of hydrogen-bond acceptors (Lipinski definition) is 4. The van der Waals surface area contributed by atoms with Crippen LogP contribution in [0.15, 0.2) is 48.5 Å². The van der Waals surface area contributed by atoms with Gasteiger partial charge in [0.15, 0.2) is 0 Å². The van der Waals surface area contributed by atoms with Gasteiger partial charge in [-0.15, -0.1) is 0 Å². The molecule has 0 aliphatic carbocycles. The van der Waals surface area contributed by atoms with Crippen LogP contribution in [0.1, 0.15) is 28.4 Å². The van der Waals surface area contributed by atoms with Crippen molar-refractivity contribution in [2.45, 2.75) is 18.6 Å². The summed E-state index contributed by atoms with van der Waals surface area (Å²) in [5, 5.41) is 2.56. The van der Waals surface area contributed by atoms with Gasteiger partial charge in [-0.1, -0.05) is 53.5 Å². The average molecular weight is 366 g/mol. The first-order chi connectivity index (χ1) is 11.5. The van der Waals surface area contributed by atoms with Crippen molar-refractivity contribution in [2.75, 3.05) is 13.7 Å². The van der Waals surface area contributed by atoms with Gasteiger partial charge in [0.2, 0.25) is 0 Å². The maximum Gasteiger partial charge on any atom is 0.339 e. The fourth-order valence-electron chi connectivity index (χ4n) is 2.77. The molecule has 1 aliphatic heterocycles. The number of benzene rings is 2. The maximum absolute atomic E-state index is 12.1. The zero-order chi connectivity index (χ0) is 17.1. The molecule has 0 amide bonds. The molecule has 0 N–H and O–H groups in total. The number of ether oxygens (including phenoxy) is 1. The first-order valence-corrected chi connectivity index (χ1v) is 8.37. The van der Waals surface area contributed by atoms with E-state index >= 15 is 0 Å². The highest BCUT2D eigenvalue weighted by molar-refractivity contribution is 6.36. The molecule has 0 unspecified atom stereocenters. The lowest BCUT2D eigenvalue weighted by Gasteiger charge is -2.17. The van der Waals surface area contributed by atoms with E-state index in [1.807, 2.05) is 30.3 Å². The minimum Gasteiger partial charge on any atom is -0.459 e. The molecule has 6 heteroatoms. The normalized spacial score (nSPS) is 21.0. The summed E-state index contributed by atoms with van der Waals surface area (Å²) >= 11 is 11.9. The standard InChI is InChI=1S/C18H17Cl2NO3/c1-21-17(12-5-3-2-4-6-12)10-14(24-21)11-23-18(22)15-8-7-13(19)9-16(15)20/h2-9,14,17H,10-11H2,1H3/t14-,17-/m1/s1. The van der Waals surface area contributed by atoms with Crippen LogP contribution in [0.25, 0.3) is 0 Å². The molecule has 2 aromatic rings. The first-order valence-electron chi connectivity index (χ1n) is 7.61. The summed E-state index contributed by atoms with van der Waals surface area (Å²) in [5.41, 5.74) is 1.47. The van der Waals surface area contributed by atoms with Crippen molar-refractivity contribution in [3.05, 3.63) is 69.7 Å². The summed E-state index contributed by atoms with van der Waals surface area (Å²) in [6.45, 7) is 0.172. The molecule has 0 spiro atoms. The zero-order valence-electron chi connectivity index (χ0n) is 13.1. The van der Waals surface area contributed by atoms with E-state index in [0.29, 0.717) is 10.6 Å². The quantitative estimate of drug-likeness (QED) is 0.746. The van der Waals surface area contributed by atoms with Crippen LogP contribution >= 0.6 is 23.2 Å². The SMILES string of the molecule is CN1O[C@@H](COC(=O)c2ccc(Cl)cc2Cl)C[C@@H]1c1ccccc1. The number of esters is 1. The molecule has 1 aliphatic rings. The molecule has 0 bridgehead atoms. The second kappa shape index (κ2) is 7.53. The van der Waals surface area contributed by atoms with Gasteiger partial charge in [0.05, 0.1) is 16.6 Å². The van der Waals surface area contributed by atoms with Crippen LogP contribution in [-0.4, -0.2) is 30.8 Å². The van der Waals surface area contributed by atoms with Crippen LogP contribution in [0.2, 0.25) is 10.0 Å². The molecule has 1 fully saturated rings. The van der Waals surface area contributed by atoms with Gasteiger partial charge in [-0.05, 0) is 23.8 Å². The van der Waals surface area contributed by atoms with Gasteiger partial charge in [0, 0.05) is 18.5 Å². The summed E-state index contributed by atoms with van der Waals surface area (Å²) in [4.78, 5) is 17.9. The Balaban J connectivity index is 1.58. The molecule has 0 aromatic heterocycles. The smallest absolute Gasteiger partial charge is 0.339 e. The van der Waals surface area contributed by atoms with Gasteiger partial charge in [0.25, 0.3) is 0 Å². The topological polar surface area (TPSA) is 38.8 Å². The molecule has 1 heterocycles. The predicted molar refractivity (Wildman–Crippen MR) is 93.2 cm³/mol. The Morgan fingerprint density at radius 1 is 1.25 bits per heavy atom. The molecular weight excluding hydrogens is 349 g/mol. The Bertz CT molecular complexity index is 723. The van der Waals surface area contributed by atoms with Crippen LogP contribution in [0.3, 0.4) is 0 Å². The molecule has 126 valence electrons. The number of carbonyl (C=O) groups excluding carboxylic acids is 1. The number of nitrogens with zero attached hydrogens (tertiary/aromatic N) is 1. The second-order valence-electron chi connectivity index (χ2n) is 5.66. The van der Waals surface area contributed by atoms with Crippen LogP contribution in [0, 0.1) is 0 Å². The first kappa shape index (κ1) is 17.2. The molecule has 2 aromatic carbocycles. The molecule has 4 nitrogen and oxygen atoms in total. The third-order valence-corrected chi connectivity index (χ3v) is 4.52. The minimum absolute atomic E-state index is 0.147.